The Balaban J connectivity index is 2.10. The molecule has 11 heteroatoms. The van der Waals surface area contributed by atoms with Gasteiger partial charge in [0.1, 0.15) is 18.3 Å². The summed E-state index contributed by atoms with van der Waals surface area (Å²) in [6.07, 6.45) is 0.694. The molecule has 3 aromatic carbocycles. The van der Waals surface area contributed by atoms with E-state index < -0.39 is 28.5 Å². The van der Waals surface area contributed by atoms with Crippen molar-refractivity contribution in [1.29, 1.82) is 0 Å². The van der Waals surface area contributed by atoms with Gasteiger partial charge in [-0.05, 0) is 63.6 Å². The highest BCUT2D eigenvalue weighted by Crippen LogP contribution is 2.33. The number of ether oxygens (including phenoxy) is 1. The summed E-state index contributed by atoms with van der Waals surface area (Å²) in [5.74, 6) is -0.755. The van der Waals surface area contributed by atoms with Gasteiger partial charge in [-0.1, -0.05) is 66.0 Å². The van der Waals surface area contributed by atoms with E-state index in [9.17, 15) is 18.0 Å². The fraction of sp³-hybridized carbons (Fsp3) is 0.333. The fourth-order valence-corrected chi connectivity index (χ4v) is 6.03. The van der Waals surface area contributed by atoms with Crippen LogP contribution in [0.1, 0.15) is 38.3 Å². The first-order valence-corrected chi connectivity index (χ1v) is 15.3. The van der Waals surface area contributed by atoms with E-state index in [1.807, 2.05) is 20.8 Å². The molecule has 3 rings (SSSR count). The van der Waals surface area contributed by atoms with Crippen molar-refractivity contribution in [2.24, 2.45) is 0 Å². The van der Waals surface area contributed by atoms with Crippen LogP contribution in [0, 0.1) is 6.92 Å². The molecule has 0 aromatic heterocycles. The normalized spacial score (nSPS) is 12.8. The van der Waals surface area contributed by atoms with Crippen LogP contribution in [0.5, 0.6) is 5.75 Å². The zero-order valence-electron chi connectivity index (χ0n) is 23.7. The van der Waals surface area contributed by atoms with Gasteiger partial charge in [-0.25, -0.2) is 8.42 Å². The average Bonchev–Trinajstić information content (AvgIpc) is 2.95. The summed E-state index contributed by atoms with van der Waals surface area (Å²) >= 11 is 12.9. The minimum atomic E-state index is -4.24. The van der Waals surface area contributed by atoms with E-state index in [1.54, 1.807) is 61.5 Å². The van der Waals surface area contributed by atoms with Crippen LogP contribution in [0.2, 0.25) is 10.0 Å². The highest BCUT2D eigenvalue weighted by molar-refractivity contribution is 7.92. The molecule has 0 spiro atoms. The van der Waals surface area contributed by atoms with Crippen molar-refractivity contribution in [1.82, 2.24) is 10.2 Å². The molecule has 1 N–H and O–H groups in total. The molecule has 0 unspecified atom stereocenters. The second-order valence-corrected chi connectivity index (χ2v) is 12.4. The van der Waals surface area contributed by atoms with Crippen molar-refractivity contribution < 1.29 is 22.7 Å². The van der Waals surface area contributed by atoms with Gasteiger partial charge in [0, 0.05) is 28.2 Å². The maximum Gasteiger partial charge on any atom is 0.264 e. The van der Waals surface area contributed by atoms with Crippen LogP contribution >= 0.6 is 23.2 Å². The summed E-state index contributed by atoms with van der Waals surface area (Å²) in [5.41, 5.74) is 1.50. The zero-order chi connectivity index (χ0) is 30.3. The van der Waals surface area contributed by atoms with E-state index in [0.717, 1.165) is 9.87 Å². The first-order chi connectivity index (χ1) is 19.4. The molecule has 3 aromatic rings. The van der Waals surface area contributed by atoms with E-state index in [1.165, 1.54) is 24.1 Å². The Bertz CT molecular complexity index is 1460. The number of methoxy groups -OCH3 is 1. The SMILES string of the molecule is CC[C@H](C)NC(=O)[C@@H](C)N(Cc1c(Cl)cccc1Cl)C(=O)CN(c1ccccc1OC)S(=O)(=O)c1ccc(C)cc1. The lowest BCUT2D eigenvalue weighted by Crippen LogP contribution is -2.52. The van der Waals surface area contributed by atoms with Crippen LogP contribution in [0.15, 0.2) is 71.6 Å². The Morgan fingerprint density at radius 1 is 0.951 bits per heavy atom. The quantitative estimate of drug-likeness (QED) is 0.275. The van der Waals surface area contributed by atoms with Gasteiger partial charge >= 0.3 is 0 Å². The monoisotopic (exact) mass is 619 g/mol. The maximum absolute atomic E-state index is 14.1. The standard InChI is InChI=1S/C30H35Cl2N3O5S/c1-6-21(3)33-30(37)22(4)34(18-24-25(31)10-9-11-26(24)32)29(36)19-35(27-12-7-8-13-28(27)40-5)41(38,39)23-16-14-20(2)15-17-23/h7-17,21-22H,6,18-19H2,1-5H3,(H,33,37)/t21-,22+/m0/s1. The molecule has 0 radical (unpaired) electrons. The first kappa shape index (κ1) is 32.2. The molecular weight excluding hydrogens is 585 g/mol. The van der Waals surface area contributed by atoms with Gasteiger partial charge in [0.25, 0.3) is 10.0 Å². The number of rotatable bonds is 12. The molecule has 220 valence electrons. The molecular formula is C30H35Cl2N3O5S. The lowest BCUT2D eigenvalue weighted by atomic mass is 10.1. The number of sulfonamides is 1. The molecule has 0 heterocycles. The van der Waals surface area contributed by atoms with E-state index in [0.29, 0.717) is 22.0 Å². The smallest absolute Gasteiger partial charge is 0.264 e. The number of halogens is 2. The molecule has 0 aliphatic heterocycles. The molecule has 0 fully saturated rings. The number of nitrogens with zero attached hydrogens (tertiary/aromatic N) is 2. The van der Waals surface area contributed by atoms with Crippen molar-refractivity contribution in [3.63, 3.8) is 0 Å². The van der Waals surface area contributed by atoms with E-state index in [2.05, 4.69) is 5.32 Å². The van der Waals surface area contributed by atoms with Gasteiger partial charge in [-0.2, -0.15) is 0 Å². The predicted molar refractivity (Wildman–Crippen MR) is 163 cm³/mol. The number of benzene rings is 3. The Morgan fingerprint density at radius 3 is 2.15 bits per heavy atom. The number of nitrogens with one attached hydrogen (secondary N) is 1. The minimum absolute atomic E-state index is 0.00469. The van der Waals surface area contributed by atoms with Gasteiger partial charge in [0.15, 0.2) is 0 Å². The number of hydrogen-bond donors (Lipinski definition) is 1. The van der Waals surface area contributed by atoms with Crippen LogP contribution < -0.4 is 14.4 Å². The second-order valence-electron chi connectivity index (χ2n) is 9.71. The van der Waals surface area contributed by atoms with Crippen molar-refractivity contribution in [3.05, 3.63) is 87.9 Å². The third-order valence-electron chi connectivity index (χ3n) is 6.80. The Labute approximate surface area is 252 Å². The van der Waals surface area contributed by atoms with E-state index in [4.69, 9.17) is 27.9 Å². The van der Waals surface area contributed by atoms with Crippen LogP contribution in [0.25, 0.3) is 0 Å². The van der Waals surface area contributed by atoms with Crippen molar-refractivity contribution in [2.45, 2.75) is 57.6 Å². The number of carbonyl (C=O) groups excluding carboxylic acids is 2. The zero-order valence-corrected chi connectivity index (χ0v) is 26.1. The van der Waals surface area contributed by atoms with Gasteiger partial charge in [0.05, 0.1) is 17.7 Å². The molecule has 2 amide bonds. The fourth-order valence-electron chi connectivity index (χ4n) is 4.09. The minimum Gasteiger partial charge on any atom is -0.495 e. The molecule has 0 saturated carbocycles. The van der Waals surface area contributed by atoms with Gasteiger partial charge < -0.3 is 15.0 Å². The number of aryl methyl sites for hydroxylation is 1. The highest BCUT2D eigenvalue weighted by Gasteiger charge is 2.34. The Kier molecular flexibility index (Phi) is 11.1. The largest absolute Gasteiger partial charge is 0.495 e. The predicted octanol–water partition coefficient (Wildman–Crippen LogP) is 5.84. The number of carbonyl (C=O) groups is 2. The van der Waals surface area contributed by atoms with Crippen LogP contribution in [-0.2, 0) is 26.2 Å². The molecule has 0 aliphatic rings. The van der Waals surface area contributed by atoms with E-state index in [-0.39, 0.29) is 34.8 Å². The molecule has 2 atom stereocenters. The number of amides is 2. The Morgan fingerprint density at radius 2 is 1.56 bits per heavy atom. The number of hydrogen-bond acceptors (Lipinski definition) is 5. The summed E-state index contributed by atoms with van der Waals surface area (Å²) in [4.78, 5) is 28.6. The maximum atomic E-state index is 14.1. The number of anilines is 1. The van der Waals surface area contributed by atoms with E-state index >= 15 is 0 Å². The average molecular weight is 621 g/mol. The van der Waals surface area contributed by atoms with Gasteiger partial charge in [-0.15, -0.1) is 0 Å². The van der Waals surface area contributed by atoms with Crippen LogP contribution in [0.4, 0.5) is 5.69 Å². The lowest BCUT2D eigenvalue weighted by molar-refractivity contribution is -0.139. The molecule has 8 nitrogen and oxygen atoms in total. The van der Waals surface area contributed by atoms with Crippen molar-refractivity contribution in [3.8, 4) is 5.75 Å². The van der Waals surface area contributed by atoms with Crippen molar-refractivity contribution in [2.75, 3.05) is 18.0 Å². The Hall–Kier alpha value is -3.27. The summed E-state index contributed by atoms with van der Waals surface area (Å²) in [7, 11) is -2.82. The topological polar surface area (TPSA) is 96.0 Å². The third-order valence-corrected chi connectivity index (χ3v) is 9.28. The lowest BCUT2D eigenvalue weighted by Gasteiger charge is -2.33. The van der Waals surface area contributed by atoms with Crippen molar-refractivity contribution >= 4 is 50.7 Å². The third kappa shape index (κ3) is 7.72. The summed E-state index contributed by atoms with van der Waals surface area (Å²) in [6, 6.07) is 16.7. The molecule has 0 bridgehead atoms. The van der Waals surface area contributed by atoms with Gasteiger partial charge in [-0.3, -0.25) is 13.9 Å². The summed E-state index contributed by atoms with van der Waals surface area (Å²) in [5, 5.41) is 3.53. The molecule has 0 aliphatic carbocycles. The second kappa shape index (κ2) is 14.1. The highest BCUT2D eigenvalue weighted by atomic mass is 35.5. The summed E-state index contributed by atoms with van der Waals surface area (Å²) in [6.45, 7) is 6.50. The van der Waals surface area contributed by atoms with Crippen LogP contribution in [0.3, 0.4) is 0 Å². The number of para-hydroxylation sites is 2. The summed E-state index contributed by atoms with van der Waals surface area (Å²) < 4.78 is 34.5. The first-order valence-electron chi connectivity index (χ1n) is 13.2. The van der Waals surface area contributed by atoms with Crippen LogP contribution in [-0.4, -0.2) is 50.9 Å². The molecule has 0 saturated heterocycles. The molecule has 41 heavy (non-hydrogen) atoms. The van der Waals surface area contributed by atoms with Gasteiger partial charge in [0.2, 0.25) is 11.8 Å².